The Morgan fingerprint density at radius 1 is 1.03 bits per heavy atom. The number of nitrogens with one attached hydrogen (secondary N) is 1. The van der Waals surface area contributed by atoms with Crippen molar-refractivity contribution in [1.29, 1.82) is 0 Å². The average Bonchev–Trinajstić information content (AvgIpc) is 3.42. The summed E-state index contributed by atoms with van der Waals surface area (Å²) in [4.78, 5) is 21.4. The molecular formula is C23H15ClF3N7O. The van der Waals surface area contributed by atoms with E-state index in [0.717, 1.165) is 17.8 Å². The Morgan fingerprint density at radius 3 is 2.54 bits per heavy atom. The van der Waals surface area contributed by atoms with Gasteiger partial charge >= 0.3 is 6.18 Å². The van der Waals surface area contributed by atoms with Crippen molar-refractivity contribution in [3.05, 3.63) is 89.0 Å². The molecule has 35 heavy (non-hydrogen) atoms. The van der Waals surface area contributed by atoms with Crippen LogP contribution in [0.3, 0.4) is 0 Å². The summed E-state index contributed by atoms with van der Waals surface area (Å²) in [5.41, 5.74) is 0.709. The summed E-state index contributed by atoms with van der Waals surface area (Å²) >= 11 is 5.98. The van der Waals surface area contributed by atoms with Crippen molar-refractivity contribution in [3.63, 3.8) is 0 Å². The first kappa shape index (κ1) is 22.5. The van der Waals surface area contributed by atoms with Crippen LogP contribution in [-0.4, -0.2) is 35.4 Å². The fraction of sp³-hybridized carbons (Fsp3) is 0.0870. The highest BCUT2D eigenvalue weighted by Gasteiger charge is 2.31. The fourth-order valence-corrected chi connectivity index (χ4v) is 3.67. The van der Waals surface area contributed by atoms with Crippen LogP contribution in [0.15, 0.2) is 67.1 Å². The maximum absolute atomic E-state index is 13.1. The van der Waals surface area contributed by atoms with Crippen LogP contribution in [0.5, 0.6) is 0 Å². The monoisotopic (exact) mass is 497 g/mol. The van der Waals surface area contributed by atoms with E-state index in [4.69, 9.17) is 11.6 Å². The second-order valence-corrected chi connectivity index (χ2v) is 8.02. The van der Waals surface area contributed by atoms with Crippen LogP contribution in [-0.2, 0) is 6.18 Å². The molecule has 3 heterocycles. The number of halogens is 4. The molecule has 0 saturated carbocycles. The van der Waals surface area contributed by atoms with E-state index in [0.29, 0.717) is 27.6 Å². The molecule has 1 amide bonds. The second kappa shape index (κ2) is 8.51. The Kier molecular flexibility index (Phi) is 5.48. The van der Waals surface area contributed by atoms with Crippen molar-refractivity contribution in [2.24, 2.45) is 0 Å². The Morgan fingerprint density at radius 2 is 1.80 bits per heavy atom. The van der Waals surface area contributed by atoms with Crippen LogP contribution in [0, 0.1) is 6.92 Å². The summed E-state index contributed by atoms with van der Waals surface area (Å²) in [6, 6.07) is 12.8. The minimum Gasteiger partial charge on any atom is -0.306 e. The number of nitrogens with zero attached hydrogens (tertiary/aromatic N) is 6. The zero-order valence-corrected chi connectivity index (χ0v) is 18.7. The molecule has 8 nitrogen and oxygen atoms in total. The molecule has 0 radical (unpaired) electrons. The standard InChI is InChI=1S/C23H15ClF3N7O/c1-13-9-19(31-22(35)14-3-2-4-15(10-14)23(25,26)27)34(32-13)21-18-11-30-33(20(18)28-12-29-21)17-7-5-16(24)6-8-17/h2-12H,1H3,(H,31,35). The Labute approximate surface area is 201 Å². The first-order valence-electron chi connectivity index (χ1n) is 10.2. The molecule has 3 aromatic heterocycles. The third-order valence-electron chi connectivity index (χ3n) is 5.14. The summed E-state index contributed by atoms with van der Waals surface area (Å²) in [7, 11) is 0. The van der Waals surface area contributed by atoms with Crippen LogP contribution in [0.2, 0.25) is 5.02 Å². The van der Waals surface area contributed by atoms with E-state index >= 15 is 0 Å². The maximum Gasteiger partial charge on any atom is 0.416 e. The van der Waals surface area contributed by atoms with Gasteiger partial charge in [0.1, 0.15) is 12.1 Å². The van der Waals surface area contributed by atoms with Crippen molar-refractivity contribution in [3.8, 4) is 11.5 Å². The SMILES string of the molecule is Cc1cc(NC(=O)c2cccc(C(F)(F)F)c2)n(-c2ncnc3c2cnn3-c2ccc(Cl)cc2)n1. The Bertz CT molecular complexity index is 1560. The molecule has 5 rings (SSSR count). The predicted molar refractivity (Wildman–Crippen MR) is 123 cm³/mol. The van der Waals surface area contributed by atoms with Crippen molar-refractivity contribution in [2.45, 2.75) is 13.1 Å². The van der Waals surface area contributed by atoms with Gasteiger partial charge in [-0.1, -0.05) is 17.7 Å². The van der Waals surface area contributed by atoms with E-state index in [1.165, 1.54) is 23.1 Å². The zero-order valence-electron chi connectivity index (χ0n) is 18.0. The number of hydrogen-bond acceptors (Lipinski definition) is 5. The molecule has 0 atom stereocenters. The molecule has 0 fully saturated rings. The number of aryl methyl sites for hydroxylation is 1. The van der Waals surface area contributed by atoms with Gasteiger partial charge in [-0.25, -0.2) is 14.6 Å². The van der Waals surface area contributed by atoms with Gasteiger partial charge in [-0.2, -0.15) is 28.1 Å². The topological polar surface area (TPSA) is 90.5 Å². The number of aromatic nitrogens is 6. The molecule has 176 valence electrons. The number of carbonyl (C=O) groups is 1. The molecule has 0 unspecified atom stereocenters. The molecule has 2 aromatic carbocycles. The van der Waals surface area contributed by atoms with Crippen LogP contribution in [0.1, 0.15) is 21.6 Å². The number of alkyl halides is 3. The van der Waals surface area contributed by atoms with E-state index in [9.17, 15) is 18.0 Å². The van der Waals surface area contributed by atoms with Gasteiger partial charge in [0.05, 0.1) is 28.5 Å². The van der Waals surface area contributed by atoms with Gasteiger partial charge in [-0.3, -0.25) is 4.79 Å². The molecule has 0 aliphatic carbocycles. The summed E-state index contributed by atoms with van der Waals surface area (Å²) in [5.74, 6) is -0.161. The number of rotatable bonds is 4. The lowest BCUT2D eigenvalue weighted by atomic mass is 10.1. The van der Waals surface area contributed by atoms with Gasteiger partial charge in [0.25, 0.3) is 5.91 Å². The van der Waals surface area contributed by atoms with Gasteiger partial charge in [-0.15, -0.1) is 0 Å². The number of fused-ring (bicyclic) bond motifs is 1. The van der Waals surface area contributed by atoms with Gasteiger partial charge in [0, 0.05) is 16.7 Å². The molecule has 12 heteroatoms. The zero-order chi connectivity index (χ0) is 24.7. The highest BCUT2D eigenvalue weighted by molar-refractivity contribution is 6.30. The molecule has 1 N–H and O–H groups in total. The van der Waals surface area contributed by atoms with Crippen LogP contribution in [0.4, 0.5) is 19.0 Å². The molecule has 0 aliphatic heterocycles. The van der Waals surface area contributed by atoms with Gasteiger partial charge in [0.15, 0.2) is 11.5 Å². The number of benzene rings is 2. The largest absolute Gasteiger partial charge is 0.416 e. The molecular weight excluding hydrogens is 483 g/mol. The van der Waals surface area contributed by atoms with Crippen molar-refractivity contribution in [1.82, 2.24) is 29.5 Å². The van der Waals surface area contributed by atoms with E-state index in [1.807, 2.05) is 0 Å². The Balaban J connectivity index is 1.53. The summed E-state index contributed by atoms with van der Waals surface area (Å²) < 4.78 is 42.2. The maximum atomic E-state index is 13.1. The predicted octanol–water partition coefficient (Wildman–Crippen LogP) is 5.23. The smallest absolute Gasteiger partial charge is 0.306 e. The minimum atomic E-state index is -4.56. The lowest BCUT2D eigenvalue weighted by Crippen LogP contribution is -2.17. The average molecular weight is 498 g/mol. The first-order valence-corrected chi connectivity index (χ1v) is 10.6. The van der Waals surface area contributed by atoms with Crippen molar-refractivity contribution >= 4 is 34.4 Å². The lowest BCUT2D eigenvalue weighted by Gasteiger charge is -2.11. The summed E-state index contributed by atoms with van der Waals surface area (Å²) in [6.07, 6.45) is -1.67. The summed E-state index contributed by atoms with van der Waals surface area (Å²) in [6.45, 7) is 1.71. The van der Waals surface area contributed by atoms with E-state index in [-0.39, 0.29) is 11.4 Å². The molecule has 0 spiro atoms. The lowest BCUT2D eigenvalue weighted by molar-refractivity contribution is -0.137. The molecule has 0 saturated heterocycles. The van der Waals surface area contributed by atoms with Gasteiger partial charge in [-0.05, 0) is 49.4 Å². The number of anilines is 1. The number of carbonyl (C=O) groups excluding carboxylic acids is 1. The molecule has 0 aliphatic rings. The highest BCUT2D eigenvalue weighted by atomic mass is 35.5. The van der Waals surface area contributed by atoms with Crippen LogP contribution < -0.4 is 5.32 Å². The normalized spacial score (nSPS) is 11.7. The molecule has 0 bridgehead atoms. The fourth-order valence-electron chi connectivity index (χ4n) is 3.55. The third kappa shape index (κ3) is 4.33. The van der Waals surface area contributed by atoms with Gasteiger partial charge < -0.3 is 5.32 Å². The van der Waals surface area contributed by atoms with Crippen molar-refractivity contribution in [2.75, 3.05) is 5.32 Å². The van der Waals surface area contributed by atoms with Crippen LogP contribution >= 0.6 is 11.6 Å². The Hall–Kier alpha value is -4.25. The summed E-state index contributed by atoms with van der Waals surface area (Å²) in [5, 5.41) is 12.5. The highest BCUT2D eigenvalue weighted by Crippen LogP contribution is 2.30. The quantitative estimate of drug-likeness (QED) is 0.367. The third-order valence-corrected chi connectivity index (χ3v) is 5.39. The van der Waals surface area contributed by atoms with E-state index in [1.54, 1.807) is 48.1 Å². The molecule has 5 aromatic rings. The second-order valence-electron chi connectivity index (χ2n) is 7.58. The van der Waals surface area contributed by atoms with Crippen LogP contribution in [0.25, 0.3) is 22.5 Å². The minimum absolute atomic E-state index is 0.145. The number of amides is 1. The first-order chi connectivity index (χ1) is 16.7. The van der Waals surface area contributed by atoms with E-state index < -0.39 is 17.6 Å². The number of hydrogen-bond donors (Lipinski definition) is 1. The van der Waals surface area contributed by atoms with Crippen molar-refractivity contribution < 1.29 is 18.0 Å². The van der Waals surface area contributed by atoms with Gasteiger partial charge in [0.2, 0.25) is 0 Å². The van der Waals surface area contributed by atoms with E-state index in [2.05, 4.69) is 25.5 Å².